The molecule has 0 fully saturated rings. The van der Waals surface area contributed by atoms with E-state index in [9.17, 15) is 14.9 Å². The number of rotatable bonds is 7. The summed E-state index contributed by atoms with van der Waals surface area (Å²) < 4.78 is 10.4. The molecule has 1 aromatic heterocycles. The van der Waals surface area contributed by atoms with Crippen molar-refractivity contribution in [2.45, 2.75) is 20.0 Å². The van der Waals surface area contributed by atoms with Crippen molar-refractivity contribution in [2.24, 2.45) is 0 Å². The number of ether oxygens (including phenoxy) is 1. The molecule has 2 aromatic carbocycles. The lowest BCUT2D eigenvalue weighted by atomic mass is 10.1. The fourth-order valence-electron chi connectivity index (χ4n) is 2.72. The Morgan fingerprint density at radius 3 is 2.55 bits per heavy atom. The van der Waals surface area contributed by atoms with Crippen molar-refractivity contribution in [1.82, 2.24) is 10.1 Å². The Hall–Kier alpha value is -3.75. The highest BCUT2D eigenvalue weighted by atomic mass is 16.6. The molecule has 29 heavy (non-hydrogen) atoms. The number of aromatic nitrogens is 2. The molecule has 0 atom stereocenters. The van der Waals surface area contributed by atoms with E-state index in [0.29, 0.717) is 11.5 Å². The molecular formula is C20H20N4O5. The van der Waals surface area contributed by atoms with Gasteiger partial charge in [0.2, 0.25) is 5.82 Å². The zero-order valence-corrected chi connectivity index (χ0v) is 16.3. The van der Waals surface area contributed by atoms with Crippen LogP contribution >= 0.6 is 0 Å². The Labute approximate surface area is 167 Å². The second kappa shape index (κ2) is 8.51. The van der Waals surface area contributed by atoms with Crippen LogP contribution in [-0.4, -0.2) is 35.1 Å². The predicted molar refractivity (Wildman–Crippen MR) is 106 cm³/mol. The molecule has 9 nitrogen and oxygen atoms in total. The molecule has 0 aliphatic rings. The molecule has 0 saturated heterocycles. The van der Waals surface area contributed by atoms with Crippen LogP contribution < -0.4 is 4.90 Å². The second-order valence-electron chi connectivity index (χ2n) is 6.49. The van der Waals surface area contributed by atoms with E-state index in [4.69, 9.17) is 9.26 Å². The zero-order valence-electron chi connectivity index (χ0n) is 16.3. The number of hydrogen-bond donors (Lipinski definition) is 0. The van der Waals surface area contributed by atoms with Crippen LogP contribution in [0.2, 0.25) is 0 Å². The largest absolute Gasteiger partial charge is 0.452 e. The average Bonchev–Trinajstić information content (AvgIpc) is 3.20. The van der Waals surface area contributed by atoms with Crippen LogP contribution in [0.3, 0.4) is 0 Å². The molecular weight excluding hydrogens is 376 g/mol. The van der Waals surface area contributed by atoms with E-state index in [2.05, 4.69) is 17.1 Å². The van der Waals surface area contributed by atoms with Crippen LogP contribution in [0, 0.1) is 10.1 Å². The Balaban J connectivity index is 1.73. The molecule has 9 heteroatoms. The maximum absolute atomic E-state index is 12.5. The minimum atomic E-state index is -0.718. The number of nitro groups is 1. The van der Waals surface area contributed by atoms with Crippen molar-refractivity contribution < 1.29 is 19.0 Å². The van der Waals surface area contributed by atoms with Gasteiger partial charge in [-0.3, -0.25) is 10.1 Å². The minimum absolute atomic E-state index is 0.0825. The van der Waals surface area contributed by atoms with Gasteiger partial charge in [0.15, 0.2) is 6.61 Å². The number of carbonyl (C=O) groups is 1. The Kier molecular flexibility index (Phi) is 5.87. The molecule has 150 valence electrons. The van der Waals surface area contributed by atoms with Crippen molar-refractivity contribution in [3.05, 3.63) is 69.6 Å². The summed E-state index contributed by atoms with van der Waals surface area (Å²) >= 11 is 0. The Morgan fingerprint density at radius 1 is 1.21 bits per heavy atom. The van der Waals surface area contributed by atoms with E-state index in [1.165, 1.54) is 23.8 Å². The van der Waals surface area contributed by atoms with Crippen molar-refractivity contribution in [1.29, 1.82) is 0 Å². The summed E-state index contributed by atoms with van der Waals surface area (Å²) in [7, 11) is 3.46. The second-order valence-corrected chi connectivity index (χ2v) is 6.49. The number of hydrogen-bond acceptors (Lipinski definition) is 8. The zero-order chi connectivity index (χ0) is 21.0. The average molecular weight is 396 g/mol. The van der Waals surface area contributed by atoms with Crippen molar-refractivity contribution in [3.8, 4) is 11.4 Å². The number of carbonyl (C=O) groups excluding carboxylic acids is 1. The normalized spacial score (nSPS) is 10.6. The summed E-state index contributed by atoms with van der Waals surface area (Å²) in [5.41, 5.74) is 2.37. The SMILES string of the molecule is CCc1ccc(-c2noc(COC(=O)c3cc([N+](=O)[O-])ccc3N(C)C)n2)cc1. The van der Waals surface area contributed by atoms with E-state index in [1.54, 1.807) is 19.0 Å². The maximum atomic E-state index is 12.5. The van der Waals surface area contributed by atoms with Gasteiger partial charge in [0.1, 0.15) is 0 Å². The van der Waals surface area contributed by atoms with Gasteiger partial charge in [-0.25, -0.2) is 4.79 Å². The lowest BCUT2D eigenvalue weighted by molar-refractivity contribution is -0.384. The van der Waals surface area contributed by atoms with Crippen molar-refractivity contribution >= 4 is 17.3 Å². The van der Waals surface area contributed by atoms with E-state index in [1.807, 2.05) is 24.3 Å². The first kappa shape index (κ1) is 20.0. The topological polar surface area (TPSA) is 112 Å². The Morgan fingerprint density at radius 2 is 1.93 bits per heavy atom. The standard InChI is InChI=1S/C20H20N4O5/c1-4-13-5-7-14(8-6-13)19-21-18(29-22-19)12-28-20(25)16-11-15(24(26)27)9-10-17(16)23(2)3/h5-11H,4,12H2,1-3H3. The van der Waals surface area contributed by atoms with Gasteiger partial charge >= 0.3 is 5.97 Å². The Bertz CT molecular complexity index is 1030. The third-order valence-electron chi connectivity index (χ3n) is 4.31. The van der Waals surface area contributed by atoms with Gasteiger partial charge in [-0.15, -0.1) is 0 Å². The predicted octanol–water partition coefficient (Wildman–Crippen LogP) is 3.63. The highest BCUT2D eigenvalue weighted by molar-refractivity contribution is 5.96. The molecule has 0 aliphatic carbocycles. The van der Waals surface area contributed by atoms with E-state index in [0.717, 1.165) is 12.0 Å². The summed E-state index contributed by atoms with van der Waals surface area (Å²) in [6.07, 6.45) is 0.931. The number of non-ortho nitro benzene ring substituents is 1. The molecule has 0 N–H and O–H groups in total. The minimum Gasteiger partial charge on any atom is -0.452 e. The van der Waals surface area contributed by atoms with Crippen LogP contribution in [-0.2, 0) is 17.8 Å². The molecule has 0 aliphatic heterocycles. The lowest BCUT2D eigenvalue weighted by Gasteiger charge is -2.16. The van der Waals surface area contributed by atoms with E-state index < -0.39 is 10.9 Å². The van der Waals surface area contributed by atoms with Gasteiger partial charge in [-0.2, -0.15) is 4.98 Å². The summed E-state index contributed by atoms with van der Waals surface area (Å²) in [6, 6.07) is 11.8. The smallest absolute Gasteiger partial charge is 0.341 e. The lowest BCUT2D eigenvalue weighted by Crippen LogP contribution is -2.16. The molecule has 3 rings (SSSR count). The van der Waals surface area contributed by atoms with Crippen molar-refractivity contribution in [3.63, 3.8) is 0 Å². The molecule has 0 bridgehead atoms. The number of nitro benzene ring substituents is 1. The first-order valence-corrected chi connectivity index (χ1v) is 8.93. The summed E-state index contributed by atoms with van der Waals surface area (Å²) in [4.78, 5) is 28.9. The van der Waals surface area contributed by atoms with Gasteiger partial charge < -0.3 is 14.2 Å². The van der Waals surface area contributed by atoms with Gasteiger partial charge in [0.25, 0.3) is 11.6 Å². The highest BCUT2D eigenvalue weighted by Crippen LogP contribution is 2.25. The molecule has 0 spiro atoms. The van der Waals surface area contributed by atoms with Gasteiger partial charge in [-0.05, 0) is 18.1 Å². The molecule has 0 amide bonds. The highest BCUT2D eigenvalue weighted by Gasteiger charge is 2.20. The van der Waals surface area contributed by atoms with Gasteiger partial charge in [0.05, 0.1) is 16.2 Å². The quantitative estimate of drug-likeness (QED) is 0.338. The third kappa shape index (κ3) is 4.57. The first-order chi connectivity index (χ1) is 13.9. The number of benzene rings is 2. The monoisotopic (exact) mass is 396 g/mol. The number of anilines is 1. The molecule has 1 heterocycles. The molecule has 0 radical (unpaired) electrons. The fraction of sp³-hybridized carbons (Fsp3) is 0.250. The van der Waals surface area contributed by atoms with Gasteiger partial charge in [-0.1, -0.05) is 36.3 Å². The molecule has 0 unspecified atom stereocenters. The van der Waals surface area contributed by atoms with Gasteiger partial charge in [0, 0.05) is 31.8 Å². The number of nitrogens with zero attached hydrogens (tertiary/aromatic N) is 4. The maximum Gasteiger partial charge on any atom is 0.341 e. The number of aryl methyl sites for hydroxylation is 1. The van der Waals surface area contributed by atoms with E-state index in [-0.39, 0.29) is 23.7 Å². The number of esters is 1. The van der Waals surface area contributed by atoms with Crippen LogP contribution in [0.25, 0.3) is 11.4 Å². The summed E-state index contributed by atoms with van der Waals surface area (Å²) in [5.74, 6) is -0.197. The molecule has 0 saturated carbocycles. The van der Waals surface area contributed by atoms with Crippen molar-refractivity contribution in [2.75, 3.05) is 19.0 Å². The summed E-state index contributed by atoms with van der Waals surface area (Å²) in [6.45, 7) is 1.83. The molecule has 3 aromatic rings. The van der Waals surface area contributed by atoms with Crippen LogP contribution in [0.1, 0.15) is 28.7 Å². The fourth-order valence-corrected chi connectivity index (χ4v) is 2.72. The first-order valence-electron chi connectivity index (χ1n) is 8.93. The summed E-state index contributed by atoms with van der Waals surface area (Å²) in [5, 5.41) is 14.9. The third-order valence-corrected chi connectivity index (χ3v) is 4.31. The van der Waals surface area contributed by atoms with Crippen LogP contribution in [0.5, 0.6) is 0 Å². The van der Waals surface area contributed by atoms with Crippen LogP contribution in [0.15, 0.2) is 47.0 Å². The van der Waals surface area contributed by atoms with Crippen LogP contribution in [0.4, 0.5) is 11.4 Å². The van der Waals surface area contributed by atoms with E-state index >= 15 is 0 Å².